The molecule has 2 aromatic carbocycles. The van der Waals surface area contributed by atoms with Gasteiger partial charge in [0.15, 0.2) is 16.6 Å². The third-order valence-electron chi connectivity index (χ3n) is 3.97. The molecule has 0 aromatic heterocycles. The van der Waals surface area contributed by atoms with E-state index in [-0.39, 0.29) is 0 Å². The molecule has 2 N–H and O–H groups in total. The summed E-state index contributed by atoms with van der Waals surface area (Å²) in [5, 5.41) is 8.08. The maximum atomic E-state index is 5.36. The van der Waals surface area contributed by atoms with Crippen molar-refractivity contribution >= 4 is 28.7 Å². The van der Waals surface area contributed by atoms with Crippen molar-refractivity contribution in [1.82, 2.24) is 5.43 Å². The Bertz CT molecular complexity index is 819. The molecule has 2 aromatic rings. The van der Waals surface area contributed by atoms with Crippen LogP contribution in [-0.4, -0.2) is 25.0 Å². The summed E-state index contributed by atoms with van der Waals surface area (Å²) in [5.74, 6) is 1.36. The average Bonchev–Trinajstić information content (AvgIpc) is 2.64. The number of nitrogens with one attached hydrogen (secondary N) is 2. The summed E-state index contributed by atoms with van der Waals surface area (Å²) in [6, 6.07) is 11.9. The van der Waals surface area contributed by atoms with Gasteiger partial charge in [0.05, 0.1) is 19.9 Å². The Morgan fingerprint density at radius 1 is 1.04 bits per heavy atom. The number of nitrogens with zero attached hydrogens (tertiary/aromatic N) is 1. The highest BCUT2D eigenvalue weighted by Crippen LogP contribution is 2.28. The number of hydrogen-bond donors (Lipinski definition) is 2. The monoisotopic (exact) mass is 371 g/mol. The van der Waals surface area contributed by atoms with Gasteiger partial charge >= 0.3 is 0 Å². The van der Waals surface area contributed by atoms with Gasteiger partial charge in [-0.3, -0.25) is 5.43 Å². The van der Waals surface area contributed by atoms with Crippen molar-refractivity contribution < 1.29 is 9.47 Å². The summed E-state index contributed by atoms with van der Waals surface area (Å²) in [5.41, 5.74) is 8.06. The molecule has 5 nitrogen and oxygen atoms in total. The van der Waals surface area contributed by atoms with Gasteiger partial charge in [0, 0.05) is 11.3 Å². The van der Waals surface area contributed by atoms with Crippen molar-refractivity contribution in [1.29, 1.82) is 0 Å². The van der Waals surface area contributed by atoms with Crippen LogP contribution < -0.4 is 20.2 Å². The molecule has 0 aliphatic carbocycles. The van der Waals surface area contributed by atoms with Crippen molar-refractivity contribution in [3.05, 3.63) is 53.1 Å². The third kappa shape index (κ3) is 4.95. The van der Waals surface area contributed by atoms with Gasteiger partial charge in [0.1, 0.15) is 0 Å². The van der Waals surface area contributed by atoms with E-state index in [0.717, 1.165) is 28.9 Å². The Morgan fingerprint density at radius 2 is 1.77 bits per heavy atom. The zero-order valence-corrected chi connectivity index (χ0v) is 16.7. The molecule has 0 radical (unpaired) electrons. The first-order valence-corrected chi connectivity index (χ1v) is 8.82. The number of aryl methyl sites for hydroxylation is 2. The van der Waals surface area contributed by atoms with Crippen molar-refractivity contribution in [2.45, 2.75) is 27.2 Å². The highest BCUT2D eigenvalue weighted by Gasteiger charge is 2.09. The minimum absolute atomic E-state index is 0.448. The molecule has 0 saturated heterocycles. The molecule has 2 rings (SSSR count). The zero-order valence-electron chi connectivity index (χ0n) is 15.8. The average molecular weight is 372 g/mol. The topological polar surface area (TPSA) is 54.9 Å². The number of hydrogen-bond acceptors (Lipinski definition) is 4. The molecule has 0 fully saturated rings. The standard InChI is InChI=1S/C20H25N3O2S/c1-6-16(15-8-10-18(24-4)19(12-15)25-5)22-23-20(26)21-17-9-7-13(2)11-14(17)3/h7-12H,6H2,1-5H3,(H2,21,23,26)/b22-16-. The number of rotatable bonds is 6. The number of anilines is 1. The van der Waals surface area contributed by atoms with E-state index in [4.69, 9.17) is 21.7 Å². The quantitative estimate of drug-likeness (QED) is 0.447. The Labute approximate surface area is 160 Å². The minimum atomic E-state index is 0.448. The van der Waals surface area contributed by atoms with Crippen LogP contribution in [0.2, 0.25) is 0 Å². The first kappa shape index (κ1) is 19.7. The number of ether oxygens (including phenoxy) is 2. The smallest absolute Gasteiger partial charge is 0.191 e. The molecule has 0 unspecified atom stereocenters. The summed E-state index contributed by atoms with van der Waals surface area (Å²) in [6.07, 6.45) is 0.745. The highest BCUT2D eigenvalue weighted by atomic mass is 32.1. The lowest BCUT2D eigenvalue weighted by molar-refractivity contribution is 0.355. The van der Waals surface area contributed by atoms with E-state index in [0.29, 0.717) is 16.6 Å². The fraction of sp³-hybridized carbons (Fsp3) is 0.300. The first-order valence-electron chi connectivity index (χ1n) is 8.41. The summed E-state index contributed by atoms with van der Waals surface area (Å²) in [6.45, 7) is 6.15. The van der Waals surface area contributed by atoms with Gasteiger partial charge in [-0.15, -0.1) is 0 Å². The molecule has 0 saturated carbocycles. The molecule has 0 aliphatic rings. The van der Waals surface area contributed by atoms with Crippen LogP contribution in [0.25, 0.3) is 0 Å². The second kappa shape index (κ2) is 9.20. The SMILES string of the molecule is CC/C(=N/NC(=S)Nc1ccc(C)cc1C)c1ccc(OC)c(OC)c1. The summed E-state index contributed by atoms with van der Waals surface area (Å²) in [4.78, 5) is 0. The minimum Gasteiger partial charge on any atom is -0.493 e. The Kier molecular flexibility index (Phi) is 6.97. The van der Waals surface area contributed by atoms with Crippen molar-refractivity contribution in [2.24, 2.45) is 5.10 Å². The fourth-order valence-electron chi connectivity index (χ4n) is 2.59. The molecule has 26 heavy (non-hydrogen) atoms. The van der Waals surface area contributed by atoms with Crippen LogP contribution in [0.1, 0.15) is 30.0 Å². The van der Waals surface area contributed by atoms with Crippen LogP contribution >= 0.6 is 12.2 Å². The number of thiocarbonyl (C=S) groups is 1. The van der Waals surface area contributed by atoms with E-state index in [1.54, 1.807) is 14.2 Å². The van der Waals surface area contributed by atoms with E-state index in [9.17, 15) is 0 Å². The molecule has 0 spiro atoms. The summed E-state index contributed by atoms with van der Waals surface area (Å²) >= 11 is 5.36. The van der Waals surface area contributed by atoms with E-state index in [1.165, 1.54) is 5.56 Å². The normalized spacial score (nSPS) is 11.0. The van der Waals surface area contributed by atoms with E-state index < -0.39 is 0 Å². The predicted molar refractivity (Wildman–Crippen MR) is 112 cm³/mol. The highest BCUT2D eigenvalue weighted by molar-refractivity contribution is 7.80. The Morgan fingerprint density at radius 3 is 2.38 bits per heavy atom. The van der Waals surface area contributed by atoms with Gasteiger partial charge < -0.3 is 14.8 Å². The van der Waals surface area contributed by atoms with Crippen LogP contribution in [0.5, 0.6) is 11.5 Å². The van der Waals surface area contributed by atoms with Gasteiger partial charge in [-0.05, 0) is 62.3 Å². The van der Waals surface area contributed by atoms with Crippen molar-refractivity contribution in [2.75, 3.05) is 19.5 Å². The molecule has 0 heterocycles. The van der Waals surface area contributed by atoms with Crippen LogP contribution in [0.4, 0.5) is 5.69 Å². The molecule has 0 amide bonds. The van der Waals surface area contributed by atoms with Crippen LogP contribution in [0.15, 0.2) is 41.5 Å². The molecule has 0 bridgehead atoms. The second-order valence-electron chi connectivity index (χ2n) is 5.87. The zero-order chi connectivity index (χ0) is 19.1. The van der Waals surface area contributed by atoms with Crippen LogP contribution in [0.3, 0.4) is 0 Å². The number of hydrazone groups is 1. The van der Waals surface area contributed by atoms with Gasteiger partial charge in [0.2, 0.25) is 0 Å². The van der Waals surface area contributed by atoms with E-state index in [1.807, 2.05) is 44.2 Å². The van der Waals surface area contributed by atoms with Gasteiger partial charge in [0.25, 0.3) is 0 Å². The van der Waals surface area contributed by atoms with E-state index in [2.05, 4.69) is 28.8 Å². The fourth-order valence-corrected chi connectivity index (χ4v) is 2.74. The molecule has 138 valence electrons. The van der Waals surface area contributed by atoms with Gasteiger partial charge in [-0.25, -0.2) is 0 Å². The molecular formula is C20H25N3O2S. The van der Waals surface area contributed by atoms with Crippen molar-refractivity contribution in [3.8, 4) is 11.5 Å². The lowest BCUT2D eigenvalue weighted by Gasteiger charge is -2.13. The number of methoxy groups -OCH3 is 2. The van der Waals surface area contributed by atoms with Crippen molar-refractivity contribution in [3.63, 3.8) is 0 Å². The summed E-state index contributed by atoms with van der Waals surface area (Å²) in [7, 11) is 3.23. The van der Waals surface area contributed by atoms with E-state index >= 15 is 0 Å². The predicted octanol–water partition coefficient (Wildman–Crippen LogP) is 4.42. The maximum Gasteiger partial charge on any atom is 0.191 e. The van der Waals surface area contributed by atoms with Gasteiger partial charge in [-0.2, -0.15) is 5.10 Å². The lowest BCUT2D eigenvalue weighted by Crippen LogP contribution is -2.25. The Balaban J connectivity index is 2.12. The third-order valence-corrected chi connectivity index (χ3v) is 4.17. The number of benzene rings is 2. The first-order chi connectivity index (χ1) is 12.5. The molecular weight excluding hydrogens is 346 g/mol. The summed E-state index contributed by atoms with van der Waals surface area (Å²) < 4.78 is 10.6. The van der Waals surface area contributed by atoms with Crippen LogP contribution in [0, 0.1) is 13.8 Å². The molecule has 0 atom stereocenters. The molecule has 6 heteroatoms. The largest absolute Gasteiger partial charge is 0.493 e. The second-order valence-corrected chi connectivity index (χ2v) is 6.27. The molecule has 0 aliphatic heterocycles. The Hall–Kier alpha value is -2.60. The lowest BCUT2D eigenvalue weighted by atomic mass is 10.1. The maximum absolute atomic E-state index is 5.36. The van der Waals surface area contributed by atoms with Crippen LogP contribution in [-0.2, 0) is 0 Å². The van der Waals surface area contributed by atoms with Gasteiger partial charge in [-0.1, -0.05) is 24.6 Å².